The molecule has 0 N–H and O–H groups in total. The van der Waals surface area contributed by atoms with Gasteiger partial charge in [-0.15, -0.1) is 0 Å². The number of para-hydroxylation sites is 1. The minimum absolute atomic E-state index is 0.0301. The molecular weight excluding hydrogens is 584 g/mol. The Hall–Kier alpha value is -3.78. The van der Waals surface area contributed by atoms with E-state index in [0.29, 0.717) is 42.1 Å². The smallest absolute Gasteiger partial charge is 0.299 e. The Balaban J connectivity index is 1.26. The molecular formula is C29H30N2O9S2. The summed E-state index contributed by atoms with van der Waals surface area (Å²) < 4.78 is 66.6. The van der Waals surface area contributed by atoms with Gasteiger partial charge in [-0.1, -0.05) is 30.3 Å². The van der Waals surface area contributed by atoms with Crippen molar-refractivity contribution in [2.45, 2.75) is 30.3 Å². The molecule has 1 amide bonds. The molecule has 2 aliphatic rings. The van der Waals surface area contributed by atoms with E-state index in [4.69, 9.17) is 9.47 Å². The number of Topliss-reactive ketones (excluding diaryl/α,β-unsaturated/α-hetero) is 1. The van der Waals surface area contributed by atoms with E-state index in [2.05, 4.69) is 4.18 Å². The lowest BCUT2D eigenvalue weighted by atomic mass is 10.1. The highest BCUT2D eigenvalue weighted by Crippen LogP contribution is 2.35. The molecule has 1 fully saturated rings. The molecule has 0 saturated carbocycles. The third-order valence-electron chi connectivity index (χ3n) is 6.97. The second-order valence-electron chi connectivity index (χ2n) is 9.95. The number of anilines is 1. The number of sulfonamides is 1. The van der Waals surface area contributed by atoms with E-state index in [-0.39, 0.29) is 42.9 Å². The first-order valence-electron chi connectivity index (χ1n) is 13.3. The predicted octanol–water partition coefficient (Wildman–Crippen LogP) is 3.00. The van der Waals surface area contributed by atoms with E-state index in [1.807, 2.05) is 30.3 Å². The number of benzene rings is 3. The van der Waals surface area contributed by atoms with Gasteiger partial charge >= 0.3 is 0 Å². The van der Waals surface area contributed by atoms with Crippen LogP contribution in [0.25, 0.3) is 0 Å². The van der Waals surface area contributed by atoms with E-state index in [9.17, 15) is 26.4 Å². The molecule has 2 heterocycles. The minimum atomic E-state index is -3.94. The summed E-state index contributed by atoms with van der Waals surface area (Å²) in [6.07, 6.45) is 2.30. The van der Waals surface area contributed by atoms with Crippen LogP contribution in [-0.4, -0.2) is 71.5 Å². The number of fused-ring (bicyclic) bond motifs is 1. The second-order valence-corrected chi connectivity index (χ2v) is 13.5. The zero-order valence-electron chi connectivity index (χ0n) is 22.8. The van der Waals surface area contributed by atoms with E-state index in [0.717, 1.165) is 6.26 Å². The van der Waals surface area contributed by atoms with Crippen LogP contribution in [0.2, 0.25) is 0 Å². The Kier molecular flexibility index (Phi) is 8.64. The first kappa shape index (κ1) is 29.7. The molecule has 11 nitrogen and oxygen atoms in total. The number of amides is 1. The molecule has 3 aromatic rings. The van der Waals surface area contributed by atoms with Crippen LogP contribution in [0.1, 0.15) is 28.8 Å². The molecule has 0 aromatic heterocycles. The molecule has 0 unspecified atom stereocenters. The Morgan fingerprint density at radius 1 is 0.857 bits per heavy atom. The summed E-state index contributed by atoms with van der Waals surface area (Å²) in [4.78, 5) is 27.1. The SMILES string of the molecule is CS(=O)(=O)OCCOc1ccc(CN2C(=O)C(=O)c3cc(S(=O)(=O)N4CCC[C@H]4COc4ccccc4)ccc32)cc1. The number of hydrogen-bond acceptors (Lipinski definition) is 9. The molecule has 1 atom stereocenters. The highest BCUT2D eigenvalue weighted by molar-refractivity contribution is 7.89. The number of ketones is 1. The molecule has 0 bridgehead atoms. The van der Waals surface area contributed by atoms with Crippen LogP contribution < -0.4 is 14.4 Å². The van der Waals surface area contributed by atoms with Crippen molar-refractivity contribution in [2.75, 3.05) is 37.5 Å². The largest absolute Gasteiger partial charge is 0.492 e. The van der Waals surface area contributed by atoms with Gasteiger partial charge in [0.15, 0.2) is 0 Å². The third kappa shape index (κ3) is 6.65. The standard InChI is InChI=1S/C29H30N2O9S2/c1-41(34,35)40-17-16-38-24-11-9-21(10-12-24)19-30-27-14-13-25(18-26(27)28(32)29(30)33)42(36,37)31-15-5-6-22(31)20-39-23-7-3-2-4-8-23/h2-4,7-14,18,22H,5-6,15-17,19-20H2,1H3/t22-/m0/s1. The van der Waals surface area contributed by atoms with E-state index in [1.54, 1.807) is 24.3 Å². The third-order valence-corrected chi connectivity index (χ3v) is 9.51. The van der Waals surface area contributed by atoms with Crippen LogP contribution in [0, 0.1) is 0 Å². The van der Waals surface area contributed by atoms with Gasteiger partial charge in [0.25, 0.3) is 21.8 Å². The average molecular weight is 615 g/mol. The number of hydrogen-bond donors (Lipinski definition) is 0. The van der Waals surface area contributed by atoms with Crippen LogP contribution >= 0.6 is 0 Å². The van der Waals surface area contributed by atoms with E-state index < -0.39 is 31.8 Å². The molecule has 0 radical (unpaired) electrons. The molecule has 222 valence electrons. The second kappa shape index (κ2) is 12.2. The van der Waals surface area contributed by atoms with Gasteiger partial charge in [-0.2, -0.15) is 12.7 Å². The van der Waals surface area contributed by atoms with Crippen LogP contribution in [0.3, 0.4) is 0 Å². The van der Waals surface area contributed by atoms with Crippen molar-refractivity contribution < 1.29 is 40.1 Å². The normalized spacial score (nSPS) is 17.5. The Morgan fingerprint density at radius 3 is 2.29 bits per heavy atom. The fourth-order valence-electron chi connectivity index (χ4n) is 4.95. The molecule has 0 aliphatic carbocycles. The van der Waals surface area contributed by atoms with Crippen LogP contribution in [0.5, 0.6) is 11.5 Å². The number of carbonyl (C=O) groups is 2. The monoisotopic (exact) mass is 614 g/mol. The Bertz CT molecular complexity index is 1680. The fraction of sp³-hybridized carbons (Fsp3) is 0.310. The zero-order valence-corrected chi connectivity index (χ0v) is 24.5. The molecule has 42 heavy (non-hydrogen) atoms. The number of rotatable bonds is 12. The van der Waals surface area contributed by atoms with Gasteiger partial charge in [0.1, 0.15) is 31.3 Å². The lowest BCUT2D eigenvalue weighted by Gasteiger charge is -2.24. The summed E-state index contributed by atoms with van der Waals surface area (Å²) in [5, 5.41) is 0. The summed E-state index contributed by atoms with van der Waals surface area (Å²) in [7, 11) is -7.49. The maximum Gasteiger partial charge on any atom is 0.299 e. The average Bonchev–Trinajstić information content (AvgIpc) is 3.54. The van der Waals surface area contributed by atoms with Gasteiger partial charge in [0.2, 0.25) is 10.0 Å². The summed E-state index contributed by atoms with van der Waals surface area (Å²) in [6, 6.07) is 19.8. The van der Waals surface area contributed by atoms with Crippen LogP contribution in [0.15, 0.2) is 77.7 Å². The minimum Gasteiger partial charge on any atom is -0.492 e. The highest BCUT2D eigenvalue weighted by atomic mass is 32.2. The maximum absolute atomic E-state index is 13.6. The van der Waals surface area contributed by atoms with Gasteiger partial charge in [0.05, 0.1) is 35.0 Å². The summed E-state index contributed by atoms with van der Waals surface area (Å²) in [5.74, 6) is -0.375. The van der Waals surface area contributed by atoms with Crippen molar-refractivity contribution in [1.82, 2.24) is 4.31 Å². The maximum atomic E-state index is 13.6. The summed E-state index contributed by atoms with van der Waals surface area (Å²) in [6.45, 7) is 0.539. The van der Waals surface area contributed by atoms with Crippen molar-refractivity contribution >= 4 is 37.5 Å². The van der Waals surface area contributed by atoms with Crippen LogP contribution in [0.4, 0.5) is 5.69 Å². The molecule has 3 aromatic carbocycles. The summed E-state index contributed by atoms with van der Waals surface area (Å²) >= 11 is 0. The number of carbonyl (C=O) groups excluding carboxylic acids is 2. The lowest BCUT2D eigenvalue weighted by Crippen LogP contribution is -2.39. The lowest BCUT2D eigenvalue weighted by molar-refractivity contribution is -0.114. The van der Waals surface area contributed by atoms with Gasteiger partial charge in [-0.05, 0) is 60.9 Å². The Morgan fingerprint density at radius 2 is 1.57 bits per heavy atom. The van der Waals surface area contributed by atoms with Crippen molar-refractivity contribution in [2.24, 2.45) is 0 Å². The highest BCUT2D eigenvalue weighted by Gasteiger charge is 2.40. The molecule has 0 spiro atoms. The van der Waals surface area contributed by atoms with Crippen LogP contribution in [-0.2, 0) is 35.7 Å². The topological polar surface area (TPSA) is 137 Å². The van der Waals surface area contributed by atoms with Crippen molar-refractivity contribution in [1.29, 1.82) is 0 Å². The predicted molar refractivity (Wildman–Crippen MR) is 154 cm³/mol. The number of nitrogens with zero attached hydrogens (tertiary/aromatic N) is 2. The first-order valence-corrected chi connectivity index (χ1v) is 16.5. The molecule has 1 saturated heterocycles. The molecule has 2 aliphatic heterocycles. The Labute approximate surface area is 244 Å². The van der Waals surface area contributed by atoms with E-state index >= 15 is 0 Å². The fourth-order valence-corrected chi connectivity index (χ4v) is 7.03. The van der Waals surface area contributed by atoms with Gasteiger partial charge in [-0.25, -0.2) is 8.42 Å². The number of ether oxygens (including phenoxy) is 2. The van der Waals surface area contributed by atoms with Gasteiger partial charge in [-0.3, -0.25) is 13.8 Å². The van der Waals surface area contributed by atoms with Gasteiger partial charge in [0, 0.05) is 6.54 Å². The van der Waals surface area contributed by atoms with Crippen molar-refractivity contribution in [3.8, 4) is 11.5 Å². The quantitative estimate of drug-likeness (QED) is 0.171. The first-order chi connectivity index (χ1) is 20.0. The molecule has 13 heteroatoms. The zero-order chi connectivity index (χ0) is 29.9. The van der Waals surface area contributed by atoms with Gasteiger partial charge < -0.3 is 14.4 Å². The van der Waals surface area contributed by atoms with Crippen molar-refractivity contribution in [3.63, 3.8) is 0 Å². The summed E-state index contributed by atoms with van der Waals surface area (Å²) in [5.41, 5.74) is 1.09. The van der Waals surface area contributed by atoms with Crippen molar-refractivity contribution in [3.05, 3.63) is 83.9 Å². The molecule has 5 rings (SSSR count). The van der Waals surface area contributed by atoms with E-state index in [1.165, 1.54) is 27.4 Å².